The molecule has 0 heterocycles. The minimum atomic E-state index is -0.185. The average Bonchev–Trinajstić information content (AvgIpc) is 2.92. The third-order valence-corrected chi connectivity index (χ3v) is 2.40. The van der Waals surface area contributed by atoms with Gasteiger partial charge in [-0.15, -0.1) is 0 Å². The molecule has 0 bridgehead atoms. The van der Waals surface area contributed by atoms with Crippen LogP contribution in [0.2, 0.25) is 0 Å². The lowest BCUT2D eigenvalue weighted by Gasteiger charge is -2.24. The topological polar surface area (TPSA) is 18.5 Å². The minimum absolute atomic E-state index is 0.185. The van der Waals surface area contributed by atoms with E-state index in [2.05, 4.69) is 33.8 Å². The van der Waals surface area contributed by atoms with Crippen molar-refractivity contribution in [1.82, 2.24) is 0 Å². The molecule has 0 saturated heterocycles. The van der Waals surface area contributed by atoms with E-state index in [1.807, 2.05) is 12.1 Å². The Kier molecular flexibility index (Phi) is 2.83. The summed E-state index contributed by atoms with van der Waals surface area (Å²) in [4.78, 5) is 0. The van der Waals surface area contributed by atoms with Crippen LogP contribution in [0.3, 0.4) is 0 Å². The molecule has 2 heteroatoms. The Morgan fingerprint density at radius 3 is 2.44 bits per heavy atom. The summed E-state index contributed by atoms with van der Waals surface area (Å²) >= 11 is 0. The van der Waals surface area contributed by atoms with Crippen LogP contribution >= 0.6 is 0 Å². The van der Waals surface area contributed by atoms with E-state index >= 15 is 0 Å². The zero-order valence-corrected chi connectivity index (χ0v) is 10.5. The van der Waals surface area contributed by atoms with Crippen molar-refractivity contribution >= 4 is 0 Å². The van der Waals surface area contributed by atoms with Crippen molar-refractivity contribution < 1.29 is 9.47 Å². The summed E-state index contributed by atoms with van der Waals surface area (Å²) < 4.78 is 11.8. The van der Waals surface area contributed by atoms with Crippen LogP contribution in [0.25, 0.3) is 0 Å². The van der Waals surface area contributed by atoms with Gasteiger partial charge in [0.2, 0.25) is 0 Å². The molecule has 1 aromatic rings. The lowest BCUT2D eigenvalue weighted by Crippen LogP contribution is -2.23. The maximum Gasteiger partial charge on any atom is 0.164 e. The summed E-state index contributed by atoms with van der Waals surface area (Å²) in [6, 6.07) is 6.05. The quantitative estimate of drug-likeness (QED) is 0.773. The van der Waals surface area contributed by atoms with Gasteiger partial charge >= 0.3 is 0 Å². The highest BCUT2D eigenvalue weighted by Crippen LogP contribution is 2.37. The number of hydrogen-bond donors (Lipinski definition) is 0. The standard InChI is InChI=1S/C14H20O2/c1-10-6-5-7-12(16-14(2,3)4)13(10)15-11-8-9-11/h5-7,11H,8-9H2,1-4H3. The molecule has 2 nitrogen and oxygen atoms in total. The van der Waals surface area contributed by atoms with Crippen LogP contribution in [-0.2, 0) is 0 Å². The van der Waals surface area contributed by atoms with Gasteiger partial charge in [0.05, 0.1) is 6.10 Å². The summed E-state index contributed by atoms with van der Waals surface area (Å²) in [5.74, 6) is 1.78. The Balaban J connectivity index is 2.24. The van der Waals surface area contributed by atoms with Crippen molar-refractivity contribution in [2.75, 3.05) is 0 Å². The Bertz CT molecular complexity index is 373. The first-order chi connectivity index (χ1) is 7.46. The molecule has 0 spiro atoms. The lowest BCUT2D eigenvalue weighted by atomic mass is 10.1. The van der Waals surface area contributed by atoms with E-state index in [1.54, 1.807) is 0 Å². The second-order valence-electron chi connectivity index (χ2n) is 5.43. The van der Waals surface area contributed by atoms with E-state index in [0.29, 0.717) is 6.10 Å². The van der Waals surface area contributed by atoms with Gasteiger partial charge < -0.3 is 9.47 Å². The van der Waals surface area contributed by atoms with E-state index < -0.39 is 0 Å². The van der Waals surface area contributed by atoms with Crippen LogP contribution < -0.4 is 9.47 Å². The van der Waals surface area contributed by atoms with Gasteiger partial charge in [-0.25, -0.2) is 0 Å². The highest BCUT2D eigenvalue weighted by Gasteiger charge is 2.26. The summed E-state index contributed by atoms with van der Waals surface area (Å²) in [7, 11) is 0. The maximum atomic E-state index is 5.92. The second kappa shape index (κ2) is 4.00. The number of benzene rings is 1. The number of rotatable bonds is 3. The lowest BCUT2D eigenvalue weighted by molar-refractivity contribution is 0.122. The van der Waals surface area contributed by atoms with E-state index in [9.17, 15) is 0 Å². The van der Waals surface area contributed by atoms with Gasteiger partial charge in [0, 0.05) is 0 Å². The maximum absolute atomic E-state index is 5.92. The molecule has 0 aliphatic heterocycles. The molecule has 88 valence electrons. The first kappa shape index (κ1) is 11.3. The molecular weight excluding hydrogens is 200 g/mol. The van der Waals surface area contributed by atoms with Crippen molar-refractivity contribution in [3.8, 4) is 11.5 Å². The molecule has 1 aromatic carbocycles. The normalized spacial score (nSPS) is 16.0. The summed E-state index contributed by atoms with van der Waals surface area (Å²) in [6.45, 7) is 8.22. The van der Waals surface area contributed by atoms with Gasteiger partial charge in [0.15, 0.2) is 11.5 Å². The van der Waals surface area contributed by atoms with Crippen molar-refractivity contribution in [3.63, 3.8) is 0 Å². The summed E-state index contributed by atoms with van der Waals surface area (Å²) in [6.07, 6.45) is 2.75. The fraction of sp³-hybridized carbons (Fsp3) is 0.571. The molecule has 1 saturated carbocycles. The number of ether oxygens (including phenoxy) is 2. The van der Waals surface area contributed by atoms with Crippen molar-refractivity contribution in [2.45, 2.75) is 52.2 Å². The van der Waals surface area contributed by atoms with Crippen LogP contribution in [0.5, 0.6) is 11.5 Å². The van der Waals surface area contributed by atoms with Crippen LogP contribution in [0, 0.1) is 6.92 Å². The van der Waals surface area contributed by atoms with E-state index in [1.165, 1.54) is 12.8 Å². The zero-order valence-electron chi connectivity index (χ0n) is 10.5. The van der Waals surface area contributed by atoms with Crippen LogP contribution in [0.1, 0.15) is 39.2 Å². The van der Waals surface area contributed by atoms with Crippen molar-refractivity contribution in [3.05, 3.63) is 23.8 Å². The third-order valence-electron chi connectivity index (χ3n) is 2.40. The number of hydrogen-bond acceptors (Lipinski definition) is 2. The predicted octanol–water partition coefficient (Wildman–Crippen LogP) is 3.71. The minimum Gasteiger partial charge on any atom is -0.486 e. The Labute approximate surface area is 97.6 Å². The van der Waals surface area contributed by atoms with E-state index in [4.69, 9.17) is 9.47 Å². The zero-order chi connectivity index (χ0) is 11.8. The molecule has 0 N–H and O–H groups in total. The van der Waals surface area contributed by atoms with Gasteiger partial charge in [0.1, 0.15) is 5.60 Å². The fourth-order valence-corrected chi connectivity index (χ4v) is 1.54. The largest absolute Gasteiger partial charge is 0.486 e. The van der Waals surface area contributed by atoms with Gasteiger partial charge in [-0.2, -0.15) is 0 Å². The molecule has 0 atom stereocenters. The Hall–Kier alpha value is -1.18. The van der Waals surface area contributed by atoms with E-state index in [0.717, 1.165) is 17.1 Å². The van der Waals surface area contributed by atoms with Crippen LogP contribution in [0.15, 0.2) is 18.2 Å². The van der Waals surface area contributed by atoms with Gasteiger partial charge in [-0.3, -0.25) is 0 Å². The first-order valence-corrected chi connectivity index (χ1v) is 5.91. The molecule has 2 rings (SSSR count). The highest BCUT2D eigenvalue weighted by molar-refractivity contribution is 5.46. The highest BCUT2D eigenvalue weighted by atomic mass is 16.5. The van der Waals surface area contributed by atoms with Crippen LogP contribution in [-0.4, -0.2) is 11.7 Å². The molecule has 1 aliphatic carbocycles. The van der Waals surface area contributed by atoms with Crippen molar-refractivity contribution in [2.24, 2.45) is 0 Å². The SMILES string of the molecule is Cc1cccc(OC(C)(C)C)c1OC1CC1. The molecule has 1 aliphatic rings. The molecule has 0 aromatic heterocycles. The first-order valence-electron chi connectivity index (χ1n) is 5.91. The number of aryl methyl sites for hydroxylation is 1. The van der Waals surface area contributed by atoms with Gasteiger partial charge in [-0.1, -0.05) is 12.1 Å². The Morgan fingerprint density at radius 1 is 1.19 bits per heavy atom. The molecular formula is C14H20O2. The summed E-state index contributed by atoms with van der Waals surface area (Å²) in [5, 5.41) is 0. The van der Waals surface area contributed by atoms with Gasteiger partial charge in [-0.05, 0) is 52.2 Å². The molecule has 0 radical (unpaired) electrons. The smallest absolute Gasteiger partial charge is 0.164 e. The predicted molar refractivity (Wildman–Crippen MR) is 65.2 cm³/mol. The van der Waals surface area contributed by atoms with Crippen molar-refractivity contribution in [1.29, 1.82) is 0 Å². The van der Waals surface area contributed by atoms with E-state index in [-0.39, 0.29) is 5.60 Å². The monoisotopic (exact) mass is 220 g/mol. The second-order valence-corrected chi connectivity index (χ2v) is 5.43. The number of para-hydroxylation sites is 1. The van der Waals surface area contributed by atoms with Crippen LogP contribution in [0.4, 0.5) is 0 Å². The molecule has 1 fully saturated rings. The average molecular weight is 220 g/mol. The van der Waals surface area contributed by atoms with Gasteiger partial charge in [0.25, 0.3) is 0 Å². The summed E-state index contributed by atoms with van der Waals surface area (Å²) in [5.41, 5.74) is 0.962. The molecule has 0 unspecified atom stereocenters. The Morgan fingerprint density at radius 2 is 1.88 bits per heavy atom. The molecule has 0 amide bonds. The molecule has 16 heavy (non-hydrogen) atoms. The third kappa shape index (κ3) is 2.91. The fourth-order valence-electron chi connectivity index (χ4n) is 1.54.